The Balaban J connectivity index is 1.58. The average Bonchev–Trinajstić information content (AvgIpc) is 3.41. The first-order valence-corrected chi connectivity index (χ1v) is 9.66. The predicted octanol–water partition coefficient (Wildman–Crippen LogP) is 3.24. The van der Waals surface area contributed by atoms with Gasteiger partial charge >= 0.3 is 0 Å². The molecule has 1 N–H and O–H groups in total. The summed E-state index contributed by atoms with van der Waals surface area (Å²) in [6.07, 6.45) is 9.92. The number of H-pyrrole nitrogens is 1. The summed E-state index contributed by atoms with van der Waals surface area (Å²) in [7, 11) is 1.63. The fourth-order valence-corrected chi connectivity index (χ4v) is 4.33. The second-order valence-corrected chi connectivity index (χ2v) is 7.32. The number of nitrogens with zero attached hydrogens (tertiary/aromatic N) is 4. The highest BCUT2D eigenvalue weighted by molar-refractivity contribution is 5.93. The lowest BCUT2D eigenvalue weighted by Crippen LogP contribution is -2.40. The largest absolute Gasteiger partial charge is 0.377 e. The number of piperidine rings is 1. The number of nitrogens with one attached hydrogen (secondary N) is 1. The monoisotopic (exact) mass is 357 g/mol. The summed E-state index contributed by atoms with van der Waals surface area (Å²) in [5, 5.41) is 7.28. The van der Waals surface area contributed by atoms with Gasteiger partial charge in [-0.1, -0.05) is 12.8 Å². The number of amides is 1. The third-order valence-corrected chi connectivity index (χ3v) is 5.61. The lowest BCUT2D eigenvalue weighted by molar-refractivity contribution is 0.0586. The number of aromatic nitrogens is 4. The lowest BCUT2D eigenvalue weighted by atomic mass is 10.0. The minimum atomic E-state index is -0.0648. The van der Waals surface area contributed by atoms with Crippen LogP contribution in [0.25, 0.3) is 0 Å². The molecule has 3 heterocycles. The first kappa shape index (κ1) is 17.3. The summed E-state index contributed by atoms with van der Waals surface area (Å²) < 4.78 is 7.31. The van der Waals surface area contributed by atoms with E-state index in [0.717, 1.165) is 31.5 Å². The SMILES string of the molecule is COCc1nc([C@H]2CCCCN2C(=O)c2cccn2C2CCCC2)n[nH]1. The Hall–Kier alpha value is -2.15. The summed E-state index contributed by atoms with van der Waals surface area (Å²) >= 11 is 0. The van der Waals surface area contributed by atoms with Gasteiger partial charge in [0.1, 0.15) is 12.3 Å². The van der Waals surface area contributed by atoms with E-state index in [1.165, 1.54) is 25.7 Å². The minimum Gasteiger partial charge on any atom is -0.377 e. The molecule has 0 radical (unpaired) electrons. The van der Waals surface area contributed by atoms with Gasteiger partial charge in [-0.2, -0.15) is 5.10 Å². The topological polar surface area (TPSA) is 76.0 Å². The second kappa shape index (κ2) is 7.61. The van der Waals surface area contributed by atoms with Gasteiger partial charge in [-0.25, -0.2) is 4.98 Å². The molecule has 140 valence electrons. The highest BCUT2D eigenvalue weighted by Gasteiger charge is 2.33. The van der Waals surface area contributed by atoms with Crippen molar-refractivity contribution in [3.8, 4) is 0 Å². The smallest absolute Gasteiger partial charge is 0.271 e. The zero-order valence-electron chi connectivity index (χ0n) is 15.4. The Labute approximate surface area is 153 Å². The number of hydrogen-bond donors (Lipinski definition) is 1. The molecule has 4 rings (SSSR count). The van der Waals surface area contributed by atoms with Crippen molar-refractivity contribution in [3.05, 3.63) is 35.7 Å². The van der Waals surface area contributed by atoms with Crippen molar-refractivity contribution >= 4 is 5.91 Å². The molecular weight excluding hydrogens is 330 g/mol. The van der Waals surface area contributed by atoms with E-state index in [9.17, 15) is 4.79 Å². The van der Waals surface area contributed by atoms with E-state index in [-0.39, 0.29) is 11.9 Å². The Morgan fingerprint density at radius 2 is 2.08 bits per heavy atom. The molecule has 0 aromatic carbocycles. The summed E-state index contributed by atoms with van der Waals surface area (Å²) in [5.74, 6) is 1.50. The molecule has 1 amide bonds. The molecule has 26 heavy (non-hydrogen) atoms. The molecule has 2 aromatic heterocycles. The lowest BCUT2D eigenvalue weighted by Gasteiger charge is -2.34. The van der Waals surface area contributed by atoms with E-state index in [1.807, 2.05) is 17.0 Å². The molecule has 1 aliphatic heterocycles. The molecule has 1 atom stereocenters. The van der Waals surface area contributed by atoms with Crippen LogP contribution in [0.3, 0.4) is 0 Å². The van der Waals surface area contributed by atoms with Crippen LogP contribution in [0.5, 0.6) is 0 Å². The molecule has 2 aromatic rings. The summed E-state index contributed by atoms with van der Waals surface area (Å²) in [6.45, 7) is 1.16. The van der Waals surface area contributed by atoms with Crippen molar-refractivity contribution in [1.29, 1.82) is 0 Å². The van der Waals surface area contributed by atoms with Crippen molar-refractivity contribution in [1.82, 2.24) is 24.6 Å². The second-order valence-electron chi connectivity index (χ2n) is 7.32. The van der Waals surface area contributed by atoms with Crippen LogP contribution in [-0.4, -0.2) is 44.2 Å². The zero-order valence-corrected chi connectivity index (χ0v) is 15.4. The number of methoxy groups -OCH3 is 1. The minimum absolute atomic E-state index is 0.0648. The quantitative estimate of drug-likeness (QED) is 0.891. The van der Waals surface area contributed by atoms with Gasteiger partial charge < -0.3 is 14.2 Å². The maximum atomic E-state index is 13.4. The molecule has 0 spiro atoms. The van der Waals surface area contributed by atoms with E-state index >= 15 is 0 Å². The predicted molar refractivity (Wildman–Crippen MR) is 96.7 cm³/mol. The molecular formula is C19H27N5O2. The number of rotatable bonds is 5. The number of carbonyl (C=O) groups is 1. The number of likely N-dealkylation sites (tertiary alicyclic amines) is 1. The number of carbonyl (C=O) groups excluding carboxylic acids is 1. The fraction of sp³-hybridized carbons (Fsp3) is 0.632. The van der Waals surface area contributed by atoms with E-state index in [0.29, 0.717) is 24.3 Å². The first-order valence-electron chi connectivity index (χ1n) is 9.66. The van der Waals surface area contributed by atoms with Gasteiger partial charge in [-0.15, -0.1) is 0 Å². The number of hydrogen-bond acceptors (Lipinski definition) is 4. The Kier molecular flexibility index (Phi) is 5.06. The Bertz CT molecular complexity index is 747. The van der Waals surface area contributed by atoms with Crippen molar-refractivity contribution in [3.63, 3.8) is 0 Å². The van der Waals surface area contributed by atoms with Crippen LogP contribution >= 0.6 is 0 Å². The first-order chi connectivity index (χ1) is 12.8. The van der Waals surface area contributed by atoms with Gasteiger partial charge in [-0.3, -0.25) is 9.89 Å². The standard InChI is InChI=1S/C19H27N5O2/c1-26-13-17-20-18(22-21-17)15-9-4-5-11-24(15)19(25)16-10-6-12-23(16)14-7-2-3-8-14/h6,10,12,14-15H,2-5,7-9,11,13H2,1H3,(H,20,21,22)/t15-/m1/s1. The average molecular weight is 357 g/mol. The zero-order chi connectivity index (χ0) is 17.9. The van der Waals surface area contributed by atoms with E-state index in [2.05, 4.69) is 25.9 Å². The third-order valence-electron chi connectivity index (χ3n) is 5.61. The molecule has 1 saturated carbocycles. The maximum Gasteiger partial charge on any atom is 0.271 e. The maximum absolute atomic E-state index is 13.4. The van der Waals surface area contributed by atoms with Gasteiger partial charge in [-0.05, 0) is 44.2 Å². The van der Waals surface area contributed by atoms with Crippen LogP contribution < -0.4 is 0 Å². The molecule has 2 fully saturated rings. The summed E-state index contributed by atoms with van der Waals surface area (Å²) in [4.78, 5) is 19.9. The van der Waals surface area contributed by atoms with Crippen molar-refractivity contribution in [2.24, 2.45) is 0 Å². The van der Waals surface area contributed by atoms with E-state index in [1.54, 1.807) is 7.11 Å². The van der Waals surface area contributed by atoms with Crippen LogP contribution in [0.4, 0.5) is 0 Å². The van der Waals surface area contributed by atoms with Crippen molar-refractivity contribution in [2.75, 3.05) is 13.7 Å². The van der Waals surface area contributed by atoms with E-state index < -0.39 is 0 Å². The molecule has 7 nitrogen and oxygen atoms in total. The molecule has 0 unspecified atom stereocenters. The van der Waals surface area contributed by atoms with Crippen molar-refractivity contribution in [2.45, 2.75) is 63.6 Å². The van der Waals surface area contributed by atoms with Gasteiger partial charge in [0.25, 0.3) is 5.91 Å². The van der Waals surface area contributed by atoms with Crippen LogP contribution in [-0.2, 0) is 11.3 Å². The van der Waals surface area contributed by atoms with Crippen LogP contribution in [0.2, 0.25) is 0 Å². The molecule has 0 bridgehead atoms. The number of ether oxygens (including phenoxy) is 1. The highest BCUT2D eigenvalue weighted by Crippen LogP contribution is 2.34. The number of aromatic amines is 1. The Morgan fingerprint density at radius 1 is 1.27 bits per heavy atom. The third kappa shape index (κ3) is 3.28. The normalized spacial score (nSPS) is 21.4. The van der Waals surface area contributed by atoms with E-state index in [4.69, 9.17) is 4.74 Å². The summed E-state index contributed by atoms with van der Waals surface area (Å²) in [5.41, 5.74) is 0.802. The van der Waals surface area contributed by atoms with Gasteiger partial charge in [0.2, 0.25) is 0 Å². The molecule has 2 aliphatic rings. The molecule has 1 aliphatic carbocycles. The molecule has 1 saturated heterocycles. The Morgan fingerprint density at radius 3 is 2.88 bits per heavy atom. The summed E-state index contributed by atoms with van der Waals surface area (Å²) in [6, 6.07) is 4.35. The van der Waals surface area contributed by atoms with Gasteiger partial charge in [0.05, 0.1) is 6.04 Å². The molecule has 7 heteroatoms. The van der Waals surface area contributed by atoms with Crippen LogP contribution in [0.1, 0.15) is 79.2 Å². The van der Waals surface area contributed by atoms with Gasteiger partial charge in [0, 0.05) is 25.9 Å². The highest BCUT2D eigenvalue weighted by atomic mass is 16.5. The van der Waals surface area contributed by atoms with Crippen LogP contribution in [0, 0.1) is 0 Å². The van der Waals surface area contributed by atoms with Crippen molar-refractivity contribution < 1.29 is 9.53 Å². The van der Waals surface area contributed by atoms with Gasteiger partial charge in [0.15, 0.2) is 11.6 Å². The fourth-order valence-electron chi connectivity index (χ4n) is 4.33. The van der Waals surface area contributed by atoms with Crippen LogP contribution in [0.15, 0.2) is 18.3 Å².